The SMILES string of the molecule is CCc1cc([N+](=O)[O-])cc2nc(-c3ccccc3C)oc12. The van der Waals surface area contributed by atoms with E-state index in [1.54, 1.807) is 6.07 Å². The van der Waals surface area contributed by atoms with Gasteiger partial charge in [-0.15, -0.1) is 0 Å². The normalized spacial score (nSPS) is 11.0. The minimum atomic E-state index is -0.402. The smallest absolute Gasteiger partial charge is 0.272 e. The van der Waals surface area contributed by atoms with Crippen molar-refractivity contribution in [2.24, 2.45) is 0 Å². The van der Waals surface area contributed by atoms with Gasteiger partial charge in [-0.2, -0.15) is 0 Å². The summed E-state index contributed by atoms with van der Waals surface area (Å²) in [7, 11) is 0. The third-order valence-corrected chi connectivity index (χ3v) is 3.52. The summed E-state index contributed by atoms with van der Waals surface area (Å²) in [5.41, 5.74) is 3.95. The summed E-state index contributed by atoms with van der Waals surface area (Å²) >= 11 is 0. The van der Waals surface area contributed by atoms with E-state index in [2.05, 4.69) is 4.98 Å². The van der Waals surface area contributed by atoms with Gasteiger partial charge in [0.25, 0.3) is 5.69 Å². The lowest BCUT2D eigenvalue weighted by molar-refractivity contribution is -0.384. The Hall–Kier alpha value is -2.69. The van der Waals surface area contributed by atoms with Crippen LogP contribution in [-0.2, 0) is 6.42 Å². The van der Waals surface area contributed by atoms with Crippen molar-refractivity contribution in [1.82, 2.24) is 4.98 Å². The number of nitrogens with zero attached hydrogens (tertiary/aromatic N) is 2. The van der Waals surface area contributed by atoms with Crippen LogP contribution in [0.3, 0.4) is 0 Å². The lowest BCUT2D eigenvalue weighted by Crippen LogP contribution is -1.90. The molecule has 0 bridgehead atoms. The van der Waals surface area contributed by atoms with Gasteiger partial charge in [-0.1, -0.05) is 25.1 Å². The monoisotopic (exact) mass is 282 g/mol. The number of hydrogen-bond donors (Lipinski definition) is 0. The van der Waals surface area contributed by atoms with E-state index in [0.29, 0.717) is 23.4 Å². The molecular weight excluding hydrogens is 268 g/mol. The van der Waals surface area contributed by atoms with Crippen LogP contribution in [0.2, 0.25) is 0 Å². The summed E-state index contributed by atoms with van der Waals surface area (Å²) in [4.78, 5) is 15.0. The second-order valence-electron chi connectivity index (χ2n) is 4.90. The van der Waals surface area contributed by atoms with E-state index < -0.39 is 4.92 Å². The van der Waals surface area contributed by atoms with E-state index in [4.69, 9.17) is 4.42 Å². The highest BCUT2D eigenvalue weighted by atomic mass is 16.6. The first-order valence-electron chi connectivity index (χ1n) is 6.74. The predicted octanol–water partition coefficient (Wildman–Crippen LogP) is 4.27. The molecule has 5 nitrogen and oxygen atoms in total. The number of benzene rings is 2. The molecule has 21 heavy (non-hydrogen) atoms. The zero-order valence-corrected chi connectivity index (χ0v) is 11.8. The molecule has 0 amide bonds. The first kappa shape index (κ1) is 13.3. The largest absolute Gasteiger partial charge is 0.436 e. The highest BCUT2D eigenvalue weighted by molar-refractivity contribution is 5.82. The molecule has 0 N–H and O–H groups in total. The van der Waals surface area contributed by atoms with Gasteiger partial charge in [-0.25, -0.2) is 4.98 Å². The second-order valence-corrected chi connectivity index (χ2v) is 4.90. The van der Waals surface area contributed by atoms with Gasteiger partial charge in [-0.05, 0) is 25.0 Å². The van der Waals surface area contributed by atoms with Gasteiger partial charge in [-0.3, -0.25) is 10.1 Å². The number of hydrogen-bond acceptors (Lipinski definition) is 4. The molecule has 0 fully saturated rings. The Labute approximate surface area is 121 Å². The summed E-state index contributed by atoms with van der Waals surface area (Å²) in [6.07, 6.45) is 0.653. The van der Waals surface area contributed by atoms with Crippen molar-refractivity contribution in [2.45, 2.75) is 20.3 Å². The number of non-ortho nitro benzene ring substituents is 1. The van der Waals surface area contributed by atoms with Crippen molar-refractivity contribution in [1.29, 1.82) is 0 Å². The molecular formula is C16H14N2O3. The van der Waals surface area contributed by atoms with Gasteiger partial charge in [0, 0.05) is 23.3 Å². The van der Waals surface area contributed by atoms with Crippen LogP contribution in [0.15, 0.2) is 40.8 Å². The fourth-order valence-corrected chi connectivity index (χ4v) is 2.38. The van der Waals surface area contributed by atoms with Gasteiger partial charge < -0.3 is 4.42 Å². The molecule has 0 spiro atoms. The summed E-state index contributed by atoms with van der Waals surface area (Å²) in [6.45, 7) is 3.92. The van der Waals surface area contributed by atoms with Crippen molar-refractivity contribution in [3.63, 3.8) is 0 Å². The van der Waals surface area contributed by atoms with E-state index in [0.717, 1.165) is 16.7 Å². The van der Waals surface area contributed by atoms with E-state index in [1.165, 1.54) is 6.07 Å². The van der Waals surface area contributed by atoms with Crippen LogP contribution >= 0.6 is 0 Å². The average molecular weight is 282 g/mol. The Bertz CT molecular complexity index is 837. The molecule has 0 unspecified atom stereocenters. The minimum absolute atomic E-state index is 0.0454. The molecule has 106 valence electrons. The van der Waals surface area contributed by atoms with Crippen molar-refractivity contribution in [3.8, 4) is 11.5 Å². The summed E-state index contributed by atoms with van der Waals surface area (Å²) in [5.74, 6) is 0.498. The number of aromatic nitrogens is 1. The molecule has 3 rings (SSSR count). The molecule has 1 heterocycles. The van der Waals surface area contributed by atoms with Gasteiger partial charge in [0.15, 0.2) is 5.58 Å². The maximum absolute atomic E-state index is 11.0. The molecule has 0 radical (unpaired) electrons. The van der Waals surface area contributed by atoms with Crippen LogP contribution in [0.4, 0.5) is 5.69 Å². The van der Waals surface area contributed by atoms with E-state index >= 15 is 0 Å². The van der Waals surface area contributed by atoms with Crippen LogP contribution in [0.25, 0.3) is 22.6 Å². The van der Waals surface area contributed by atoms with Crippen molar-refractivity contribution in [3.05, 3.63) is 57.6 Å². The average Bonchev–Trinajstić information content (AvgIpc) is 2.90. The summed E-state index contributed by atoms with van der Waals surface area (Å²) < 4.78 is 5.86. The zero-order valence-electron chi connectivity index (χ0n) is 11.8. The highest BCUT2D eigenvalue weighted by Gasteiger charge is 2.17. The molecule has 0 aliphatic carbocycles. The number of oxazole rings is 1. The van der Waals surface area contributed by atoms with E-state index in [1.807, 2.05) is 38.1 Å². The van der Waals surface area contributed by atoms with Gasteiger partial charge >= 0.3 is 0 Å². The second kappa shape index (κ2) is 5.01. The van der Waals surface area contributed by atoms with E-state index in [9.17, 15) is 10.1 Å². The van der Waals surface area contributed by atoms with Crippen molar-refractivity contribution in [2.75, 3.05) is 0 Å². The molecule has 0 atom stereocenters. The molecule has 3 aromatic rings. The quantitative estimate of drug-likeness (QED) is 0.531. The third-order valence-electron chi connectivity index (χ3n) is 3.52. The molecule has 0 aliphatic rings. The molecule has 2 aromatic carbocycles. The maximum atomic E-state index is 11.0. The first-order chi connectivity index (χ1) is 10.1. The predicted molar refractivity (Wildman–Crippen MR) is 80.2 cm³/mol. The molecule has 5 heteroatoms. The van der Waals surface area contributed by atoms with Crippen LogP contribution in [0, 0.1) is 17.0 Å². The number of rotatable bonds is 3. The van der Waals surface area contributed by atoms with Gasteiger partial charge in [0.1, 0.15) is 5.52 Å². The minimum Gasteiger partial charge on any atom is -0.436 e. The van der Waals surface area contributed by atoms with E-state index in [-0.39, 0.29) is 5.69 Å². The number of aryl methyl sites for hydroxylation is 2. The summed E-state index contributed by atoms with van der Waals surface area (Å²) in [6, 6.07) is 10.8. The molecule has 0 saturated heterocycles. The maximum Gasteiger partial charge on any atom is 0.272 e. The Morgan fingerprint density at radius 1 is 1.29 bits per heavy atom. The fraction of sp³-hybridized carbons (Fsp3) is 0.188. The van der Waals surface area contributed by atoms with Crippen molar-refractivity contribution >= 4 is 16.8 Å². The van der Waals surface area contributed by atoms with Gasteiger partial charge in [0.05, 0.1) is 4.92 Å². The topological polar surface area (TPSA) is 69.2 Å². The number of nitro benzene ring substituents is 1. The molecule has 0 saturated carbocycles. The Morgan fingerprint density at radius 3 is 2.71 bits per heavy atom. The van der Waals surface area contributed by atoms with Crippen LogP contribution in [0.1, 0.15) is 18.1 Å². The molecule has 1 aromatic heterocycles. The number of nitro groups is 1. The highest BCUT2D eigenvalue weighted by Crippen LogP contribution is 2.31. The van der Waals surface area contributed by atoms with Crippen molar-refractivity contribution < 1.29 is 9.34 Å². The first-order valence-corrected chi connectivity index (χ1v) is 6.74. The van der Waals surface area contributed by atoms with Gasteiger partial charge in [0.2, 0.25) is 5.89 Å². The lowest BCUT2D eigenvalue weighted by Gasteiger charge is -1.99. The zero-order chi connectivity index (χ0) is 15.0. The Kier molecular flexibility index (Phi) is 3.17. The van der Waals surface area contributed by atoms with Crippen LogP contribution in [0.5, 0.6) is 0 Å². The number of fused-ring (bicyclic) bond motifs is 1. The summed E-state index contributed by atoms with van der Waals surface area (Å²) in [5, 5.41) is 11.0. The Balaban J connectivity index is 2.24. The molecule has 0 aliphatic heterocycles. The van der Waals surface area contributed by atoms with Crippen LogP contribution < -0.4 is 0 Å². The third kappa shape index (κ3) is 2.27. The van der Waals surface area contributed by atoms with Crippen LogP contribution in [-0.4, -0.2) is 9.91 Å². The lowest BCUT2D eigenvalue weighted by atomic mass is 10.1. The standard InChI is InChI=1S/C16H14N2O3/c1-3-11-8-12(18(19)20)9-14-15(11)21-16(17-14)13-7-5-4-6-10(13)2/h4-9H,3H2,1-2H3. The Morgan fingerprint density at radius 2 is 2.05 bits per heavy atom. The fourth-order valence-electron chi connectivity index (χ4n) is 2.38.